The van der Waals surface area contributed by atoms with Gasteiger partial charge in [0, 0.05) is 6.04 Å². The Hall–Kier alpha value is -1.60. The molecule has 23 heavy (non-hydrogen) atoms. The van der Waals surface area contributed by atoms with Gasteiger partial charge in [-0.05, 0) is 37.6 Å². The van der Waals surface area contributed by atoms with Crippen LogP contribution in [0.3, 0.4) is 0 Å². The molecule has 1 atom stereocenters. The van der Waals surface area contributed by atoms with Gasteiger partial charge in [-0.15, -0.1) is 0 Å². The van der Waals surface area contributed by atoms with E-state index in [1.165, 1.54) is 0 Å². The molecule has 7 heteroatoms. The standard InChI is InChI=1S/C16H24N2O4S/c1-4-18(13-7-8-23(20,21)11-13)10-16(19)17-14-9-12(2)5-6-15(14)22-3/h5-6,9,13H,4,7-8,10-11H2,1-3H3,(H,17,19). The smallest absolute Gasteiger partial charge is 0.238 e. The summed E-state index contributed by atoms with van der Waals surface area (Å²) in [5.41, 5.74) is 1.66. The molecule has 1 aromatic rings. The van der Waals surface area contributed by atoms with Crippen LogP contribution in [0.25, 0.3) is 0 Å². The molecule has 1 aliphatic heterocycles. The van der Waals surface area contributed by atoms with Crippen molar-refractivity contribution in [3.63, 3.8) is 0 Å². The maximum atomic E-state index is 12.3. The first-order chi connectivity index (χ1) is 10.8. The van der Waals surface area contributed by atoms with Crippen LogP contribution in [0.2, 0.25) is 0 Å². The Morgan fingerprint density at radius 1 is 1.43 bits per heavy atom. The number of aryl methyl sites for hydroxylation is 1. The van der Waals surface area contributed by atoms with Gasteiger partial charge < -0.3 is 10.1 Å². The molecule has 1 aliphatic rings. The van der Waals surface area contributed by atoms with Gasteiger partial charge in [0.25, 0.3) is 0 Å². The highest BCUT2D eigenvalue weighted by atomic mass is 32.2. The Bertz CT molecular complexity index is 673. The number of hydrogen-bond acceptors (Lipinski definition) is 5. The predicted octanol–water partition coefficient (Wildman–Crippen LogP) is 1.45. The van der Waals surface area contributed by atoms with E-state index in [-0.39, 0.29) is 30.0 Å². The summed E-state index contributed by atoms with van der Waals surface area (Å²) in [5, 5.41) is 2.86. The van der Waals surface area contributed by atoms with E-state index in [9.17, 15) is 13.2 Å². The van der Waals surface area contributed by atoms with Crippen LogP contribution in [0.5, 0.6) is 5.75 Å². The number of benzene rings is 1. The van der Waals surface area contributed by atoms with Crippen LogP contribution in [0, 0.1) is 6.92 Å². The highest BCUT2D eigenvalue weighted by Gasteiger charge is 2.32. The van der Waals surface area contributed by atoms with Gasteiger partial charge in [-0.1, -0.05) is 13.0 Å². The largest absolute Gasteiger partial charge is 0.495 e. The zero-order valence-corrected chi connectivity index (χ0v) is 14.6. The Morgan fingerprint density at radius 2 is 2.17 bits per heavy atom. The van der Waals surface area contributed by atoms with E-state index in [0.29, 0.717) is 24.4 Å². The molecule has 1 fully saturated rings. The Kier molecular flexibility index (Phi) is 5.64. The highest BCUT2D eigenvalue weighted by molar-refractivity contribution is 7.91. The van der Waals surface area contributed by atoms with Crippen LogP contribution < -0.4 is 10.1 Å². The van der Waals surface area contributed by atoms with Crippen LogP contribution in [-0.2, 0) is 14.6 Å². The molecule has 0 spiro atoms. The van der Waals surface area contributed by atoms with Gasteiger partial charge in [-0.2, -0.15) is 0 Å². The molecule has 1 aromatic carbocycles. The van der Waals surface area contributed by atoms with Crippen LogP contribution in [0.15, 0.2) is 18.2 Å². The predicted molar refractivity (Wildman–Crippen MR) is 90.7 cm³/mol. The summed E-state index contributed by atoms with van der Waals surface area (Å²) in [4.78, 5) is 14.2. The quantitative estimate of drug-likeness (QED) is 0.848. The number of nitrogens with zero attached hydrogens (tertiary/aromatic N) is 1. The molecule has 0 aromatic heterocycles. The van der Waals surface area contributed by atoms with Crippen molar-refractivity contribution < 1.29 is 17.9 Å². The molecule has 1 saturated heterocycles. The number of sulfone groups is 1. The summed E-state index contributed by atoms with van der Waals surface area (Å²) in [6, 6.07) is 5.50. The topological polar surface area (TPSA) is 75.7 Å². The van der Waals surface area contributed by atoms with Crippen molar-refractivity contribution in [3.05, 3.63) is 23.8 Å². The first-order valence-electron chi connectivity index (χ1n) is 7.73. The second-order valence-electron chi connectivity index (χ2n) is 5.87. The molecule has 0 aliphatic carbocycles. The average molecular weight is 340 g/mol. The van der Waals surface area contributed by atoms with E-state index in [1.54, 1.807) is 7.11 Å². The van der Waals surface area contributed by atoms with Crippen molar-refractivity contribution in [1.82, 2.24) is 4.90 Å². The summed E-state index contributed by atoms with van der Waals surface area (Å²) < 4.78 is 28.5. The molecule has 0 bridgehead atoms. The van der Waals surface area contributed by atoms with E-state index in [0.717, 1.165) is 5.56 Å². The van der Waals surface area contributed by atoms with Gasteiger partial charge in [-0.25, -0.2) is 8.42 Å². The number of carbonyl (C=O) groups excluding carboxylic acids is 1. The van der Waals surface area contributed by atoms with Crippen molar-refractivity contribution >= 4 is 21.4 Å². The third-order valence-corrected chi connectivity index (χ3v) is 5.86. The zero-order chi connectivity index (χ0) is 17.0. The van der Waals surface area contributed by atoms with Crippen LogP contribution in [0.1, 0.15) is 18.9 Å². The summed E-state index contributed by atoms with van der Waals surface area (Å²) >= 11 is 0. The van der Waals surface area contributed by atoms with Gasteiger partial charge in [0.15, 0.2) is 9.84 Å². The Balaban J connectivity index is 2.02. The molecule has 2 rings (SSSR count). The molecule has 128 valence electrons. The normalized spacial score (nSPS) is 19.7. The van der Waals surface area contributed by atoms with Gasteiger partial charge in [0.05, 0.1) is 30.8 Å². The molecule has 1 N–H and O–H groups in total. The van der Waals surface area contributed by atoms with Crippen molar-refractivity contribution in [1.29, 1.82) is 0 Å². The number of amides is 1. The van der Waals surface area contributed by atoms with Crippen LogP contribution in [-0.4, -0.2) is 57.0 Å². The number of carbonyl (C=O) groups is 1. The lowest BCUT2D eigenvalue weighted by molar-refractivity contribution is -0.117. The Labute approximate surface area is 137 Å². The van der Waals surface area contributed by atoms with E-state index >= 15 is 0 Å². The first kappa shape index (κ1) is 17.7. The van der Waals surface area contributed by atoms with E-state index in [2.05, 4.69) is 5.32 Å². The number of anilines is 1. The van der Waals surface area contributed by atoms with Gasteiger partial charge >= 0.3 is 0 Å². The molecule has 1 unspecified atom stereocenters. The maximum Gasteiger partial charge on any atom is 0.238 e. The summed E-state index contributed by atoms with van der Waals surface area (Å²) in [6.45, 7) is 4.69. The molecule has 6 nitrogen and oxygen atoms in total. The molecule has 0 saturated carbocycles. The van der Waals surface area contributed by atoms with Crippen molar-refractivity contribution in [3.8, 4) is 5.75 Å². The number of methoxy groups -OCH3 is 1. The van der Waals surface area contributed by atoms with Gasteiger partial charge in [-0.3, -0.25) is 9.69 Å². The van der Waals surface area contributed by atoms with E-state index < -0.39 is 9.84 Å². The molecular weight excluding hydrogens is 316 g/mol. The molecule has 1 heterocycles. The fourth-order valence-electron chi connectivity index (χ4n) is 2.86. The fraction of sp³-hybridized carbons (Fsp3) is 0.562. The number of nitrogens with one attached hydrogen (secondary N) is 1. The minimum absolute atomic E-state index is 0.0739. The maximum absolute atomic E-state index is 12.3. The number of likely N-dealkylation sites (N-methyl/N-ethyl adjacent to an activating group) is 1. The molecular formula is C16H24N2O4S. The van der Waals surface area contributed by atoms with E-state index in [1.807, 2.05) is 36.9 Å². The summed E-state index contributed by atoms with van der Waals surface area (Å²) in [7, 11) is -1.40. The van der Waals surface area contributed by atoms with Crippen molar-refractivity contribution in [2.24, 2.45) is 0 Å². The second kappa shape index (κ2) is 7.31. The number of rotatable bonds is 6. The SMILES string of the molecule is CCN(CC(=O)Nc1cc(C)ccc1OC)C1CCS(=O)(=O)C1. The van der Waals surface area contributed by atoms with Crippen molar-refractivity contribution in [2.75, 3.05) is 37.0 Å². The third kappa shape index (κ3) is 4.68. The third-order valence-electron chi connectivity index (χ3n) is 4.11. The van der Waals surface area contributed by atoms with Gasteiger partial charge in [0.2, 0.25) is 5.91 Å². The highest BCUT2D eigenvalue weighted by Crippen LogP contribution is 2.25. The van der Waals surface area contributed by atoms with Crippen LogP contribution >= 0.6 is 0 Å². The molecule has 0 radical (unpaired) electrons. The Morgan fingerprint density at radius 3 is 2.74 bits per heavy atom. The minimum atomic E-state index is -2.95. The lowest BCUT2D eigenvalue weighted by atomic mass is 10.2. The van der Waals surface area contributed by atoms with Crippen LogP contribution in [0.4, 0.5) is 5.69 Å². The monoisotopic (exact) mass is 340 g/mol. The molecule has 1 amide bonds. The van der Waals surface area contributed by atoms with Crippen molar-refractivity contribution in [2.45, 2.75) is 26.3 Å². The number of hydrogen-bond donors (Lipinski definition) is 1. The second-order valence-corrected chi connectivity index (χ2v) is 8.10. The average Bonchev–Trinajstić information content (AvgIpc) is 2.85. The number of ether oxygens (including phenoxy) is 1. The first-order valence-corrected chi connectivity index (χ1v) is 9.55. The lowest BCUT2D eigenvalue weighted by Gasteiger charge is -2.25. The zero-order valence-electron chi connectivity index (χ0n) is 13.8. The minimum Gasteiger partial charge on any atom is -0.495 e. The summed E-state index contributed by atoms with van der Waals surface area (Å²) in [5.74, 6) is 0.791. The fourth-order valence-corrected chi connectivity index (χ4v) is 4.62. The summed E-state index contributed by atoms with van der Waals surface area (Å²) in [6.07, 6.45) is 0.594. The van der Waals surface area contributed by atoms with Gasteiger partial charge in [0.1, 0.15) is 5.75 Å². The lowest BCUT2D eigenvalue weighted by Crippen LogP contribution is -2.41. The van der Waals surface area contributed by atoms with E-state index in [4.69, 9.17) is 4.74 Å².